The fraction of sp³-hybridized carbons (Fsp3) is 1.00. The molecule has 0 aromatic carbocycles. The van der Waals surface area contributed by atoms with Gasteiger partial charge in [0.25, 0.3) is 0 Å². The number of hydrogen-bond acceptors (Lipinski definition) is 4. The highest BCUT2D eigenvalue weighted by Crippen LogP contribution is 2.28. The van der Waals surface area contributed by atoms with E-state index < -0.39 is 0 Å². The summed E-state index contributed by atoms with van der Waals surface area (Å²) in [6.45, 7) is 5.37. The molecule has 15 heavy (non-hydrogen) atoms. The standard InChI is InChI=1S/C11H22O4/c1-3-4-14-10-7-15-11(8(10)2)9(5-12)6-13/h8-13H,3-7H2,1-2H3. The lowest BCUT2D eigenvalue weighted by atomic mass is 9.91. The van der Waals surface area contributed by atoms with Gasteiger partial charge < -0.3 is 19.7 Å². The van der Waals surface area contributed by atoms with Gasteiger partial charge in [0.05, 0.1) is 32.0 Å². The zero-order valence-electron chi connectivity index (χ0n) is 9.56. The molecule has 1 heterocycles. The van der Waals surface area contributed by atoms with Crippen molar-refractivity contribution in [2.75, 3.05) is 26.4 Å². The predicted octanol–water partition coefficient (Wildman–Crippen LogP) is 0.417. The first-order chi connectivity index (χ1) is 7.24. The van der Waals surface area contributed by atoms with Crippen LogP contribution in [0.5, 0.6) is 0 Å². The lowest BCUT2D eigenvalue weighted by Gasteiger charge is -2.24. The average molecular weight is 218 g/mol. The van der Waals surface area contributed by atoms with Gasteiger partial charge in [-0.05, 0) is 6.42 Å². The molecule has 90 valence electrons. The first-order valence-corrected chi connectivity index (χ1v) is 5.69. The molecule has 0 aromatic heterocycles. The molecule has 1 aliphatic rings. The highest BCUT2D eigenvalue weighted by atomic mass is 16.6. The van der Waals surface area contributed by atoms with E-state index in [0.717, 1.165) is 13.0 Å². The molecule has 1 rings (SSSR count). The monoisotopic (exact) mass is 218 g/mol. The molecule has 0 aromatic rings. The van der Waals surface area contributed by atoms with Gasteiger partial charge in [0.15, 0.2) is 0 Å². The van der Waals surface area contributed by atoms with Gasteiger partial charge in [-0.3, -0.25) is 0 Å². The minimum absolute atomic E-state index is 0.0357. The van der Waals surface area contributed by atoms with Crippen LogP contribution in [0.15, 0.2) is 0 Å². The third-order valence-corrected chi connectivity index (χ3v) is 3.03. The molecule has 3 atom stereocenters. The lowest BCUT2D eigenvalue weighted by Crippen LogP contribution is -2.33. The zero-order valence-corrected chi connectivity index (χ0v) is 9.56. The van der Waals surface area contributed by atoms with E-state index in [1.54, 1.807) is 0 Å². The van der Waals surface area contributed by atoms with Crippen LogP contribution >= 0.6 is 0 Å². The van der Waals surface area contributed by atoms with Gasteiger partial charge in [-0.25, -0.2) is 0 Å². The van der Waals surface area contributed by atoms with Crippen molar-refractivity contribution in [2.24, 2.45) is 11.8 Å². The van der Waals surface area contributed by atoms with Crippen LogP contribution in [0.1, 0.15) is 20.3 Å². The van der Waals surface area contributed by atoms with E-state index in [1.165, 1.54) is 0 Å². The average Bonchev–Trinajstić information content (AvgIpc) is 2.60. The lowest BCUT2D eigenvalue weighted by molar-refractivity contribution is -0.00388. The van der Waals surface area contributed by atoms with Crippen molar-refractivity contribution in [3.05, 3.63) is 0 Å². The van der Waals surface area contributed by atoms with Crippen LogP contribution in [0.25, 0.3) is 0 Å². The minimum Gasteiger partial charge on any atom is -0.396 e. The minimum atomic E-state index is -0.185. The molecule has 1 aliphatic heterocycles. The number of aliphatic hydroxyl groups excluding tert-OH is 2. The van der Waals surface area contributed by atoms with Gasteiger partial charge in [-0.1, -0.05) is 13.8 Å². The molecule has 0 radical (unpaired) electrons. The summed E-state index contributed by atoms with van der Waals surface area (Å²) in [7, 11) is 0. The topological polar surface area (TPSA) is 58.9 Å². The summed E-state index contributed by atoms with van der Waals surface area (Å²) in [6.07, 6.45) is 1.02. The first kappa shape index (κ1) is 12.9. The second-order valence-corrected chi connectivity index (χ2v) is 4.19. The molecular weight excluding hydrogens is 196 g/mol. The van der Waals surface area contributed by atoms with E-state index in [4.69, 9.17) is 19.7 Å². The number of rotatable bonds is 6. The molecule has 4 heteroatoms. The van der Waals surface area contributed by atoms with Crippen LogP contribution in [0.4, 0.5) is 0 Å². The van der Waals surface area contributed by atoms with Gasteiger partial charge in [-0.2, -0.15) is 0 Å². The maximum atomic E-state index is 9.09. The second-order valence-electron chi connectivity index (χ2n) is 4.19. The quantitative estimate of drug-likeness (QED) is 0.678. The van der Waals surface area contributed by atoms with Crippen LogP contribution in [0.3, 0.4) is 0 Å². The Morgan fingerprint density at radius 3 is 2.60 bits per heavy atom. The number of ether oxygens (including phenoxy) is 2. The normalized spacial score (nSPS) is 31.4. The molecule has 3 unspecified atom stereocenters. The molecular formula is C11H22O4. The van der Waals surface area contributed by atoms with Crippen molar-refractivity contribution in [3.63, 3.8) is 0 Å². The SMILES string of the molecule is CCCOC1COC(C(CO)CO)C1C. The molecule has 0 spiro atoms. The molecule has 0 bridgehead atoms. The van der Waals surface area contributed by atoms with Gasteiger partial charge in [-0.15, -0.1) is 0 Å². The third-order valence-electron chi connectivity index (χ3n) is 3.03. The predicted molar refractivity (Wildman–Crippen MR) is 56.6 cm³/mol. The van der Waals surface area contributed by atoms with Crippen LogP contribution in [-0.2, 0) is 9.47 Å². The first-order valence-electron chi connectivity index (χ1n) is 5.69. The van der Waals surface area contributed by atoms with Crippen molar-refractivity contribution in [2.45, 2.75) is 32.5 Å². The third kappa shape index (κ3) is 3.14. The fourth-order valence-corrected chi connectivity index (χ4v) is 2.02. The molecule has 4 nitrogen and oxygen atoms in total. The number of hydrogen-bond donors (Lipinski definition) is 2. The summed E-state index contributed by atoms with van der Waals surface area (Å²) in [5.74, 6) is 0.0519. The summed E-state index contributed by atoms with van der Waals surface area (Å²) in [6, 6.07) is 0. The Morgan fingerprint density at radius 1 is 1.40 bits per heavy atom. The number of aliphatic hydroxyl groups is 2. The molecule has 2 N–H and O–H groups in total. The Morgan fingerprint density at radius 2 is 2.07 bits per heavy atom. The zero-order chi connectivity index (χ0) is 11.3. The molecule has 0 saturated carbocycles. The van der Waals surface area contributed by atoms with Crippen molar-refractivity contribution >= 4 is 0 Å². The molecule has 0 aliphatic carbocycles. The summed E-state index contributed by atoms with van der Waals surface area (Å²) >= 11 is 0. The van der Waals surface area contributed by atoms with E-state index in [0.29, 0.717) is 6.61 Å². The van der Waals surface area contributed by atoms with Crippen molar-refractivity contribution < 1.29 is 19.7 Å². The van der Waals surface area contributed by atoms with Crippen molar-refractivity contribution in [3.8, 4) is 0 Å². The van der Waals surface area contributed by atoms with Crippen LogP contribution in [0.2, 0.25) is 0 Å². The summed E-state index contributed by atoms with van der Waals surface area (Å²) in [5, 5.41) is 18.2. The Balaban J connectivity index is 2.43. The highest BCUT2D eigenvalue weighted by molar-refractivity contribution is 4.86. The van der Waals surface area contributed by atoms with E-state index in [2.05, 4.69) is 13.8 Å². The summed E-state index contributed by atoms with van der Waals surface area (Å²) in [4.78, 5) is 0. The van der Waals surface area contributed by atoms with E-state index in [9.17, 15) is 0 Å². The second kappa shape index (κ2) is 6.43. The Kier molecular flexibility index (Phi) is 5.53. The fourth-order valence-electron chi connectivity index (χ4n) is 2.02. The van der Waals surface area contributed by atoms with Gasteiger partial charge >= 0.3 is 0 Å². The highest BCUT2D eigenvalue weighted by Gasteiger charge is 2.38. The maximum Gasteiger partial charge on any atom is 0.0858 e. The molecule has 0 amide bonds. The largest absolute Gasteiger partial charge is 0.396 e. The van der Waals surface area contributed by atoms with Gasteiger partial charge in [0, 0.05) is 18.4 Å². The van der Waals surface area contributed by atoms with Crippen molar-refractivity contribution in [1.82, 2.24) is 0 Å². The van der Waals surface area contributed by atoms with E-state index in [-0.39, 0.29) is 37.3 Å². The van der Waals surface area contributed by atoms with Gasteiger partial charge in [0.2, 0.25) is 0 Å². The van der Waals surface area contributed by atoms with Crippen molar-refractivity contribution in [1.29, 1.82) is 0 Å². The molecule has 1 saturated heterocycles. The Hall–Kier alpha value is -0.160. The molecule has 1 fully saturated rings. The maximum absolute atomic E-state index is 9.09. The summed E-state index contributed by atoms with van der Waals surface area (Å²) < 4.78 is 11.2. The van der Waals surface area contributed by atoms with Crippen LogP contribution < -0.4 is 0 Å². The summed E-state index contributed by atoms with van der Waals surface area (Å²) in [5.41, 5.74) is 0. The smallest absolute Gasteiger partial charge is 0.0858 e. The van der Waals surface area contributed by atoms with Crippen LogP contribution in [-0.4, -0.2) is 48.8 Å². The van der Waals surface area contributed by atoms with E-state index in [1.807, 2.05) is 0 Å². The van der Waals surface area contributed by atoms with Crippen LogP contribution in [0, 0.1) is 11.8 Å². The van der Waals surface area contributed by atoms with Gasteiger partial charge in [0.1, 0.15) is 0 Å². The Bertz CT molecular complexity index is 170. The Labute approximate surface area is 91.2 Å². The van der Waals surface area contributed by atoms with E-state index >= 15 is 0 Å².